The summed E-state index contributed by atoms with van der Waals surface area (Å²) in [6.45, 7) is 5.41. The van der Waals surface area contributed by atoms with Crippen molar-refractivity contribution in [3.63, 3.8) is 0 Å². The normalized spacial score (nSPS) is 26.3. The predicted molar refractivity (Wildman–Crippen MR) is 218 cm³/mol. The summed E-state index contributed by atoms with van der Waals surface area (Å²) < 4.78 is 51.3. The number of sulfone groups is 1. The minimum Gasteiger partial charge on any atom is -0.493 e. The fourth-order valence-corrected chi connectivity index (χ4v) is 10.2. The molecule has 2 aliphatic carbocycles. The number of methoxy groups -OCH3 is 2. The zero-order chi connectivity index (χ0) is 42.3. The van der Waals surface area contributed by atoms with E-state index in [4.69, 9.17) is 23.9 Å². The van der Waals surface area contributed by atoms with Gasteiger partial charge in [-0.15, -0.1) is 0 Å². The number of aryl methyl sites for hydroxylation is 1. The van der Waals surface area contributed by atoms with Crippen LogP contribution in [-0.2, 0) is 31.3 Å². The van der Waals surface area contributed by atoms with Crippen LogP contribution in [0.25, 0.3) is 10.9 Å². The Balaban J connectivity index is 1.24. The summed E-state index contributed by atoms with van der Waals surface area (Å²) in [4.78, 5) is 63.3. The van der Waals surface area contributed by atoms with E-state index in [-0.39, 0.29) is 48.8 Å². The van der Waals surface area contributed by atoms with Crippen LogP contribution in [0.5, 0.6) is 23.1 Å². The van der Waals surface area contributed by atoms with Crippen molar-refractivity contribution in [2.75, 3.05) is 26.5 Å². The van der Waals surface area contributed by atoms with Gasteiger partial charge in [-0.25, -0.2) is 13.4 Å². The van der Waals surface area contributed by atoms with Gasteiger partial charge >= 0.3 is 0 Å². The molecule has 15 nitrogen and oxygen atoms in total. The van der Waals surface area contributed by atoms with Crippen LogP contribution in [0, 0.1) is 11.3 Å². The molecule has 2 amide bonds. The number of benzene rings is 1. The molecular weight excluding hydrogens is 779 g/mol. The zero-order valence-corrected chi connectivity index (χ0v) is 35.5. The molecule has 3 aromatic rings. The van der Waals surface area contributed by atoms with Crippen molar-refractivity contribution in [1.29, 1.82) is 0 Å². The largest absolute Gasteiger partial charge is 0.493 e. The van der Waals surface area contributed by atoms with Crippen molar-refractivity contribution in [1.82, 2.24) is 25.0 Å². The van der Waals surface area contributed by atoms with Gasteiger partial charge in [0.1, 0.15) is 34.9 Å². The number of aromatic nitrogens is 3. The van der Waals surface area contributed by atoms with Crippen LogP contribution in [0.3, 0.4) is 0 Å². The Morgan fingerprint density at radius 2 is 1.83 bits per heavy atom. The van der Waals surface area contributed by atoms with Crippen LogP contribution in [0.15, 0.2) is 42.6 Å². The lowest BCUT2D eigenvalue weighted by atomic mass is 9.88. The Morgan fingerprint density at radius 1 is 1.05 bits per heavy atom. The van der Waals surface area contributed by atoms with Crippen LogP contribution in [0.1, 0.15) is 95.5 Å². The van der Waals surface area contributed by atoms with E-state index < -0.39 is 61.5 Å². The number of hydrogen-bond donors (Lipinski definition) is 1. The second-order valence-corrected chi connectivity index (χ2v) is 19.5. The summed E-state index contributed by atoms with van der Waals surface area (Å²) in [6, 6.07) is 4.76. The summed E-state index contributed by atoms with van der Waals surface area (Å²) in [5.41, 5.74) is -0.602. The van der Waals surface area contributed by atoms with E-state index in [1.165, 1.54) is 23.8 Å². The molecule has 0 radical (unpaired) electrons. The number of hydrogen-bond acceptors (Lipinski definition) is 12. The third-order valence-corrected chi connectivity index (χ3v) is 14.9. The topological polar surface area (TPSA) is 185 Å². The molecule has 59 heavy (non-hydrogen) atoms. The van der Waals surface area contributed by atoms with Gasteiger partial charge in [-0.2, -0.15) is 5.10 Å². The fraction of sp³-hybridized carbons (Fsp3) is 0.581. The standard InChI is InChI=1S/C43H55N5O10S/c1-26(2)57-37-21-35(29-14-15-34(55-5)39(56-6)38(29)45-37)58-28-20-32-33(49)23-43(36(50)25-59(53,54)42(3)17-18-42)22-27(43)12-10-8-7-9-11-13-31(41(52)48(32)24-28)44-40(51)30-16-19-47(4)46-30/h10,12,14-16,19,21,26-28,31-32H,7-9,11,13,17-18,20,22-25H2,1-6H3,(H,44,51)/b12-10-/t27-,28+,31-,32-,43+/m0/s1. The lowest BCUT2D eigenvalue weighted by Crippen LogP contribution is -2.52. The summed E-state index contributed by atoms with van der Waals surface area (Å²) in [5.74, 6) is -1.18. The number of ketones is 2. The summed E-state index contributed by atoms with van der Waals surface area (Å²) in [7, 11) is 1.01. The number of amides is 2. The molecule has 5 atom stereocenters. The molecule has 1 aromatic carbocycles. The molecule has 1 N–H and O–H groups in total. The van der Waals surface area contributed by atoms with Crippen molar-refractivity contribution in [3.8, 4) is 23.1 Å². The molecule has 16 heteroatoms. The van der Waals surface area contributed by atoms with Gasteiger partial charge in [0.25, 0.3) is 5.91 Å². The molecule has 1 saturated heterocycles. The zero-order valence-electron chi connectivity index (χ0n) is 34.7. The fourth-order valence-electron chi connectivity index (χ4n) is 8.45. The van der Waals surface area contributed by atoms with Gasteiger partial charge in [0.05, 0.1) is 37.7 Å². The Bertz CT molecular complexity index is 2270. The molecule has 2 aliphatic heterocycles. The molecule has 2 aromatic heterocycles. The average molecular weight is 834 g/mol. The van der Waals surface area contributed by atoms with E-state index in [0.29, 0.717) is 60.3 Å². The van der Waals surface area contributed by atoms with Crippen LogP contribution < -0.4 is 24.3 Å². The van der Waals surface area contributed by atoms with Crippen LogP contribution >= 0.6 is 0 Å². The highest BCUT2D eigenvalue weighted by molar-refractivity contribution is 7.93. The molecule has 0 bridgehead atoms. The number of ether oxygens (including phenoxy) is 4. The monoisotopic (exact) mass is 833 g/mol. The second-order valence-electron chi connectivity index (χ2n) is 17.0. The Labute approximate surface area is 345 Å². The smallest absolute Gasteiger partial charge is 0.272 e. The van der Waals surface area contributed by atoms with E-state index in [1.54, 1.807) is 44.4 Å². The van der Waals surface area contributed by atoms with Crippen LogP contribution in [-0.4, -0.2) is 107 Å². The first kappa shape index (κ1) is 42.1. The van der Waals surface area contributed by atoms with Gasteiger partial charge in [-0.1, -0.05) is 25.0 Å². The SMILES string of the molecule is COc1ccc2c(O[C@@H]3C[C@H]4C(=O)C[C@]5(C(=O)CS(=O)(=O)C6(C)CC6)C[C@@H]5/C=C\CCCCC[C@H](NC(=O)c5ccn(C)n5)C(=O)N4C3)cc(OC(C)C)nc2c1OC. The molecule has 0 spiro atoms. The highest BCUT2D eigenvalue weighted by Crippen LogP contribution is 2.58. The number of carbonyl (C=O) groups is 4. The molecule has 4 aliphatic rings. The third kappa shape index (κ3) is 8.69. The van der Waals surface area contributed by atoms with Gasteiger partial charge in [-0.05, 0) is 83.4 Å². The lowest BCUT2D eigenvalue weighted by Gasteiger charge is -2.29. The minimum absolute atomic E-state index is 0.000311. The third-order valence-electron chi connectivity index (χ3n) is 12.3. The van der Waals surface area contributed by atoms with E-state index in [0.717, 1.165) is 19.3 Å². The van der Waals surface area contributed by atoms with Gasteiger partial charge < -0.3 is 29.2 Å². The van der Waals surface area contributed by atoms with E-state index in [9.17, 15) is 27.6 Å². The molecule has 0 unspecified atom stereocenters. The highest BCUT2D eigenvalue weighted by atomic mass is 32.2. The Kier molecular flexibility index (Phi) is 11.8. The van der Waals surface area contributed by atoms with E-state index in [2.05, 4.69) is 10.4 Å². The molecule has 4 heterocycles. The van der Waals surface area contributed by atoms with Gasteiger partial charge in [0.2, 0.25) is 11.8 Å². The first-order chi connectivity index (χ1) is 28.1. The Hall–Kier alpha value is -4.99. The van der Waals surface area contributed by atoms with Gasteiger partial charge in [0.15, 0.2) is 32.9 Å². The number of allylic oxidation sites excluding steroid dienone is 2. The van der Waals surface area contributed by atoms with Gasteiger partial charge in [-0.3, -0.25) is 23.9 Å². The first-order valence-corrected chi connectivity index (χ1v) is 22.2. The maximum absolute atomic E-state index is 14.8. The molecule has 318 valence electrons. The molecular formula is C43H55N5O10S. The number of rotatable bonds is 12. The maximum atomic E-state index is 14.8. The number of pyridine rings is 1. The van der Waals surface area contributed by atoms with Crippen molar-refractivity contribution < 1.29 is 46.5 Å². The highest BCUT2D eigenvalue weighted by Gasteiger charge is 2.62. The summed E-state index contributed by atoms with van der Waals surface area (Å²) in [6.07, 6.45) is 9.21. The number of Topliss-reactive ketones (excluding diaryl/α,β-unsaturated/α-hetero) is 2. The summed E-state index contributed by atoms with van der Waals surface area (Å²) in [5, 5.41) is 7.71. The molecule has 7 rings (SSSR count). The van der Waals surface area contributed by atoms with Crippen molar-refractivity contribution in [2.45, 2.75) is 114 Å². The molecule has 2 saturated carbocycles. The van der Waals surface area contributed by atoms with E-state index in [1.807, 2.05) is 26.0 Å². The number of nitrogens with one attached hydrogen (secondary N) is 1. The lowest BCUT2D eigenvalue weighted by molar-refractivity contribution is -0.140. The van der Waals surface area contributed by atoms with Crippen LogP contribution in [0.2, 0.25) is 0 Å². The predicted octanol–water partition coefficient (Wildman–Crippen LogP) is 4.94. The number of carbonyl (C=O) groups excluding carboxylic acids is 4. The second kappa shape index (κ2) is 16.6. The van der Waals surface area contributed by atoms with Gasteiger partial charge in [0, 0.05) is 43.0 Å². The quantitative estimate of drug-likeness (QED) is 0.243. The minimum atomic E-state index is -3.73. The average Bonchev–Trinajstić information content (AvgIpc) is 3.99. The number of nitrogens with zero attached hydrogens (tertiary/aromatic N) is 4. The number of fused-ring (bicyclic) bond motifs is 3. The first-order valence-electron chi connectivity index (χ1n) is 20.5. The molecule has 3 fully saturated rings. The maximum Gasteiger partial charge on any atom is 0.272 e. The Morgan fingerprint density at radius 3 is 2.51 bits per heavy atom. The van der Waals surface area contributed by atoms with Crippen molar-refractivity contribution in [2.24, 2.45) is 18.4 Å². The van der Waals surface area contributed by atoms with Crippen LogP contribution in [0.4, 0.5) is 0 Å². The van der Waals surface area contributed by atoms with Crippen molar-refractivity contribution >= 4 is 44.1 Å². The van der Waals surface area contributed by atoms with Crippen molar-refractivity contribution in [3.05, 3.63) is 48.3 Å². The summed E-state index contributed by atoms with van der Waals surface area (Å²) >= 11 is 0. The van der Waals surface area contributed by atoms with E-state index >= 15 is 0 Å².